The smallest absolute Gasteiger partial charge is 0.217 e. The van der Waals surface area contributed by atoms with Gasteiger partial charge >= 0.3 is 0 Å². The zero-order valence-corrected chi connectivity index (χ0v) is 13.4. The Morgan fingerprint density at radius 3 is 2.39 bits per heavy atom. The van der Waals surface area contributed by atoms with E-state index >= 15 is 0 Å². The van der Waals surface area contributed by atoms with E-state index in [4.69, 9.17) is 0 Å². The molecule has 0 atom stereocenters. The molecule has 3 rings (SSSR count). The van der Waals surface area contributed by atoms with Gasteiger partial charge in [0.15, 0.2) is 5.71 Å². The van der Waals surface area contributed by atoms with Gasteiger partial charge in [-0.2, -0.15) is 0 Å². The van der Waals surface area contributed by atoms with Crippen LogP contribution >= 0.6 is 0 Å². The van der Waals surface area contributed by atoms with Gasteiger partial charge in [-0.15, -0.1) is 0 Å². The zero-order valence-electron chi connectivity index (χ0n) is 11.3. The predicted molar refractivity (Wildman–Crippen MR) is 73.5 cm³/mol. The maximum absolute atomic E-state index is 2.34. The van der Waals surface area contributed by atoms with E-state index in [1.807, 2.05) is 0 Å². The fraction of sp³-hybridized carbons (Fsp3) is 0.312. The summed E-state index contributed by atoms with van der Waals surface area (Å²) in [6.07, 6.45) is 0. The van der Waals surface area contributed by atoms with Crippen LogP contribution in [0, 0.1) is 0 Å². The van der Waals surface area contributed by atoms with Gasteiger partial charge in [0.2, 0.25) is 5.69 Å². The minimum Gasteiger partial charge on any atom is -1.00 e. The highest BCUT2D eigenvalue weighted by Gasteiger charge is 2.42. The zero-order chi connectivity index (χ0) is 12.2. The van der Waals surface area contributed by atoms with Crippen molar-refractivity contribution in [2.24, 2.45) is 0 Å². The lowest BCUT2D eigenvalue weighted by Gasteiger charge is -2.15. The largest absolute Gasteiger partial charge is 1.00 e. The van der Waals surface area contributed by atoms with E-state index in [0.717, 1.165) is 0 Å². The number of fused-ring (bicyclic) bond motifs is 3. The van der Waals surface area contributed by atoms with Gasteiger partial charge < -0.3 is 24.0 Å². The lowest BCUT2D eigenvalue weighted by Crippen LogP contribution is -3.00. The monoisotopic (exact) mass is 351 g/mol. The lowest BCUT2D eigenvalue weighted by atomic mass is 9.81. The van der Waals surface area contributed by atoms with Crippen LogP contribution in [0.15, 0.2) is 36.4 Å². The molecule has 0 spiro atoms. The Bertz CT molecular complexity index is 653. The Morgan fingerprint density at radius 2 is 1.67 bits per heavy atom. The summed E-state index contributed by atoms with van der Waals surface area (Å²) in [7, 11) is 2.18. The summed E-state index contributed by atoms with van der Waals surface area (Å²) in [5, 5.41) is 2.68. The van der Waals surface area contributed by atoms with Gasteiger partial charge in [-0.05, 0) is 25.3 Å². The summed E-state index contributed by atoms with van der Waals surface area (Å²) in [6.45, 7) is 6.84. The molecular formula is C16H18IN. The van der Waals surface area contributed by atoms with Crippen LogP contribution in [-0.2, 0) is 5.41 Å². The van der Waals surface area contributed by atoms with Gasteiger partial charge in [0.05, 0.1) is 10.8 Å². The third-order valence-electron chi connectivity index (χ3n) is 4.32. The predicted octanol–water partition coefficient (Wildman–Crippen LogP) is 0.870. The topological polar surface area (TPSA) is 3.01 Å². The van der Waals surface area contributed by atoms with Gasteiger partial charge in [0.1, 0.15) is 7.05 Å². The van der Waals surface area contributed by atoms with Crippen molar-refractivity contribution in [3.63, 3.8) is 0 Å². The number of benzene rings is 2. The van der Waals surface area contributed by atoms with Crippen molar-refractivity contribution in [3.05, 3.63) is 42.0 Å². The van der Waals surface area contributed by atoms with Gasteiger partial charge in [0, 0.05) is 12.5 Å². The van der Waals surface area contributed by atoms with E-state index in [9.17, 15) is 0 Å². The molecule has 1 nitrogen and oxygen atoms in total. The van der Waals surface area contributed by atoms with Crippen LogP contribution in [0.1, 0.15) is 26.3 Å². The molecule has 2 heteroatoms. The minimum absolute atomic E-state index is 0. The van der Waals surface area contributed by atoms with Crippen molar-refractivity contribution in [2.45, 2.75) is 26.2 Å². The van der Waals surface area contributed by atoms with Gasteiger partial charge in [0.25, 0.3) is 0 Å². The molecule has 0 saturated carbocycles. The van der Waals surface area contributed by atoms with Crippen molar-refractivity contribution in [2.75, 3.05) is 7.05 Å². The first-order valence-corrected chi connectivity index (χ1v) is 6.13. The normalized spacial score (nSPS) is 16.7. The molecule has 0 aliphatic carbocycles. The molecule has 0 bridgehead atoms. The Kier molecular flexibility index (Phi) is 3.26. The average Bonchev–Trinajstić information content (AvgIpc) is 2.51. The first-order valence-electron chi connectivity index (χ1n) is 6.13. The van der Waals surface area contributed by atoms with Gasteiger partial charge in [-0.1, -0.05) is 30.3 Å². The molecule has 1 aliphatic rings. The van der Waals surface area contributed by atoms with Crippen LogP contribution in [0.4, 0.5) is 5.69 Å². The van der Waals surface area contributed by atoms with Crippen molar-refractivity contribution < 1.29 is 28.6 Å². The first kappa shape index (κ1) is 13.5. The molecule has 1 aliphatic heterocycles. The average molecular weight is 351 g/mol. The number of rotatable bonds is 0. The number of hydrogen-bond acceptors (Lipinski definition) is 0. The molecule has 18 heavy (non-hydrogen) atoms. The third-order valence-corrected chi connectivity index (χ3v) is 4.32. The molecule has 94 valence electrons. The summed E-state index contributed by atoms with van der Waals surface area (Å²) >= 11 is 0. The molecule has 0 N–H and O–H groups in total. The highest BCUT2D eigenvalue weighted by Crippen LogP contribution is 2.42. The SMILES string of the molecule is CC1=[N+](C)c2c(ccc3ccccc23)C1(C)C.[I-]. The molecule has 2 aromatic rings. The van der Waals surface area contributed by atoms with Gasteiger partial charge in [-0.25, -0.2) is 4.58 Å². The summed E-state index contributed by atoms with van der Waals surface area (Å²) in [5.74, 6) is 0. The maximum Gasteiger partial charge on any atom is 0.217 e. The van der Waals surface area contributed by atoms with E-state index in [-0.39, 0.29) is 29.4 Å². The minimum atomic E-state index is 0. The number of halogens is 1. The Balaban J connectivity index is 0.00000120. The summed E-state index contributed by atoms with van der Waals surface area (Å²) in [5.41, 5.74) is 4.39. The van der Waals surface area contributed by atoms with E-state index in [2.05, 4.69) is 68.8 Å². The molecule has 0 radical (unpaired) electrons. The van der Waals surface area contributed by atoms with E-state index in [0.29, 0.717) is 0 Å². The Labute approximate surface area is 126 Å². The molecule has 0 aromatic heterocycles. The molecule has 2 aromatic carbocycles. The second-order valence-electron chi connectivity index (χ2n) is 5.45. The van der Waals surface area contributed by atoms with Crippen molar-refractivity contribution in [1.29, 1.82) is 0 Å². The number of hydrogen-bond donors (Lipinski definition) is 0. The van der Waals surface area contributed by atoms with Crippen LogP contribution in [-0.4, -0.2) is 17.3 Å². The first-order chi connectivity index (χ1) is 8.03. The molecule has 0 saturated heterocycles. The van der Waals surface area contributed by atoms with Crippen LogP contribution in [0.25, 0.3) is 10.8 Å². The van der Waals surface area contributed by atoms with Crippen LogP contribution in [0.2, 0.25) is 0 Å². The molecule has 0 unspecified atom stereocenters. The highest BCUT2D eigenvalue weighted by molar-refractivity contribution is 6.01. The standard InChI is InChI=1S/C16H18N.HI/c1-11-16(2,3)14-10-9-12-7-5-6-8-13(12)15(14)17(11)4;/h5-10H,1-4H3;1H/q+1;/p-1. The molecule has 0 fully saturated rings. The number of nitrogens with zero attached hydrogens (tertiary/aromatic N) is 1. The van der Waals surface area contributed by atoms with E-state index in [1.54, 1.807) is 0 Å². The molecular weight excluding hydrogens is 333 g/mol. The summed E-state index contributed by atoms with van der Waals surface area (Å²) in [6, 6.07) is 13.2. The molecule has 1 heterocycles. The van der Waals surface area contributed by atoms with Crippen molar-refractivity contribution >= 4 is 22.2 Å². The Hall–Kier alpha value is -0.900. The second kappa shape index (κ2) is 4.34. The highest BCUT2D eigenvalue weighted by atomic mass is 127. The quantitative estimate of drug-likeness (QED) is 0.490. The van der Waals surface area contributed by atoms with Gasteiger partial charge in [-0.3, -0.25) is 0 Å². The fourth-order valence-electron chi connectivity index (χ4n) is 2.90. The fourth-order valence-corrected chi connectivity index (χ4v) is 2.90. The van der Waals surface area contributed by atoms with Crippen molar-refractivity contribution in [1.82, 2.24) is 0 Å². The van der Waals surface area contributed by atoms with Crippen LogP contribution < -0.4 is 24.0 Å². The third kappa shape index (κ3) is 1.62. The lowest BCUT2D eigenvalue weighted by molar-refractivity contribution is -0.401. The van der Waals surface area contributed by atoms with E-state index in [1.165, 1.54) is 27.7 Å². The van der Waals surface area contributed by atoms with Crippen LogP contribution in [0.5, 0.6) is 0 Å². The second-order valence-corrected chi connectivity index (χ2v) is 5.45. The Morgan fingerprint density at radius 1 is 1.00 bits per heavy atom. The van der Waals surface area contributed by atoms with Crippen LogP contribution in [0.3, 0.4) is 0 Å². The summed E-state index contributed by atoms with van der Waals surface area (Å²) < 4.78 is 2.34. The maximum atomic E-state index is 2.34. The van der Waals surface area contributed by atoms with Crippen molar-refractivity contribution in [3.8, 4) is 0 Å². The molecule has 0 amide bonds. The van der Waals surface area contributed by atoms with E-state index < -0.39 is 0 Å². The summed E-state index contributed by atoms with van der Waals surface area (Å²) in [4.78, 5) is 0.